The Kier molecular flexibility index (Phi) is 3.68. The summed E-state index contributed by atoms with van der Waals surface area (Å²) < 4.78 is 29.1. The number of aromatic nitrogens is 2. The first-order chi connectivity index (χ1) is 10.4. The Morgan fingerprint density at radius 3 is 2.73 bits per heavy atom. The summed E-state index contributed by atoms with van der Waals surface area (Å²) in [7, 11) is -3.22. The number of hydrogen-bond donors (Lipinski definition) is 1. The Morgan fingerprint density at radius 1 is 1.36 bits per heavy atom. The summed E-state index contributed by atoms with van der Waals surface area (Å²) in [6.45, 7) is 1.95. The van der Waals surface area contributed by atoms with Crippen molar-refractivity contribution < 1.29 is 12.9 Å². The molecule has 3 rings (SSSR count). The van der Waals surface area contributed by atoms with Crippen molar-refractivity contribution in [3.63, 3.8) is 0 Å². The van der Waals surface area contributed by atoms with Crippen LogP contribution in [0, 0.1) is 11.8 Å². The molecule has 0 radical (unpaired) electrons. The summed E-state index contributed by atoms with van der Waals surface area (Å²) in [6.07, 6.45) is 2.54. The second-order valence-corrected chi connectivity index (χ2v) is 8.19. The van der Waals surface area contributed by atoms with Crippen LogP contribution in [0.15, 0.2) is 33.6 Å². The average molecular weight is 322 g/mol. The third-order valence-corrected chi connectivity index (χ3v) is 6.07. The molecule has 0 saturated carbocycles. The highest BCUT2D eigenvalue weighted by atomic mass is 32.2. The first-order valence-corrected chi connectivity index (χ1v) is 9.13. The summed E-state index contributed by atoms with van der Waals surface area (Å²) >= 11 is 0. The van der Waals surface area contributed by atoms with Gasteiger partial charge in [-0.15, -0.1) is 0 Å². The number of nitrogens with zero attached hydrogens (tertiary/aromatic N) is 1. The van der Waals surface area contributed by atoms with E-state index in [0.717, 1.165) is 17.5 Å². The molecule has 0 bridgehead atoms. The number of nitrogens with one attached hydrogen (secondary N) is 1. The number of rotatable bonds is 3. The van der Waals surface area contributed by atoms with Crippen LogP contribution in [0.2, 0.25) is 0 Å². The van der Waals surface area contributed by atoms with Gasteiger partial charge < -0.3 is 0 Å². The van der Waals surface area contributed by atoms with Crippen LogP contribution in [0.25, 0.3) is 0 Å². The zero-order valence-corrected chi connectivity index (χ0v) is 13.3. The molecule has 2 aromatic rings. The monoisotopic (exact) mass is 322 g/mol. The third kappa shape index (κ3) is 2.72. The van der Waals surface area contributed by atoms with E-state index in [-0.39, 0.29) is 11.8 Å². The normalized spacial score (nSPS) is 24.9. The van der Waals surface area contributed by atoms with Gasteiger partial charge in [0.2, 0.25) is 0 Å². The molecular formula is C15H18N2O4S. The van der Waals surface area contributed by atoms with E-state index in [9.17, 15) is 13.2 Å². The van der Waals surface area contributed by atoms with Gasteiger partial charge in [0, 0.05) is 12.7 Å². The number of H-pyrrole nitrogens is 1. The maximum absolute atomic E-state index is 12.3. The highest BCUT2D eigenvalue weighted by Crippen LogP contribution is 2.43. The Bertz CT molecular complexity index is 837. The van der Waals surface area contributed by atoms with Crippen molar-refractivity contribution >= 4 is 9.84 Å². The van der Waals surface area contributed by atoms with Crippen LogP contribution in [0.4, 0.5) is 0 Å². The molecule has 0 amide bonds. The van der Waals surface area contributed by atoms with Crippen LogP contribution in [0.5, 0.6) is 0 Å². The SMILES string of the molecule is C[C@H]1C(S(C)(=O)=O)c2ccccc2C[C@H]1Cc1noc(=O)[nH]1. The zero-order valence-electron chi connectivity index (χ0n) is 12.4. The Balaban J connectivity index is 1.99. The standard InChI is InChI=1S/C15H18N2O4S/c1-9-11(8-13-16-15(18)21-17-13)7-10-5-3-4-6-12(10)14(9)22(2,19)20/h3-6,9,11,14H,7-8H2,1-2H3,(H,16,17,18)/t9-,11+,14?/m1/s1. The molecule has 1 unspecified atom stereocenters. The quantitative estimate of drug-likeness (QED) is 0.924. The van der Waals surface area contributed by atoms with Crippen LogP contribution in [0.1, 0.15) is 29.1 Å². The number of benzene rings is 1. The molecule has 1 aliphatic carbocycles. The van der Waals surface area contributed by atoms with Gasteiger partial charge in [0.15, 0.2) is 15.7 Å². The lowest BCUT2D eigenvalue weighted by atomic mass is 9.75. The predicted molar refractivity (Wildman–Crippen MR) is 81.2 cm³/mol. The van der Waals surface area contributed by atoms with E-state index < -0.39 is 20.8 Å². The van der Waals surface area contributed by atoms with Crippen LogP contribution < -0.4 is 5.76 Å². The van der Waals surface area contributed by atoms with Crippen LogP contribution >= 0.6 is 0 Å². The number of sulfone groups is 1. The lowest BCUT2D eigenvalue weighted by Crippen LogP contribution is -2.33. The van der Waals surface area contributed by atoms with Crippen molar-refractivity contribution in [3.8, 4) is 0 Å². The predicted octanol–water partition coefficient (Wildman–Crippen LogP) is 1.50. The van der Waals surface area contributed by atoms with Gasteiger partial charge in [-0.05, 0) is 29.4 Å². The molecule has 6 nitrogen and oxygen atoms in total. The minimum atomic E-state index is -3.22. The number of hydrogen-bond acceptors (Lipinski definition) is 5. The van der Waals surface area contributed by atoms with E-state index in [1.54, 1.807) is 0 Å². The van der Waals surface area contributed by atoms with Gasteiger partial charge in [0.1, 0.15) is 0 Å². The minimum Gasteiger partial charge on any atom is -0.296 e. The molecule has 0 saturated heterocycles. The molecule has 1 aliphatic rings. The summed E-state index contributed by atoms with van der Waals surface area (Å²) in [5.41, 5.74) is 1.94. The van der Waals surface area contributed by atoms with Crippen molar-refractivity contribution in [2.75, 3.05) is 6.26 Å². The van der Waals surface area contributed by atoms with Crippen LogP contribution in [0.3, 0.4) is 0 Å². The third-order valence-electron chi connectivity index (χ3n) is 4.47. The van der Waals surface area contributed by atoms with Gasteiger partial charge >= 0.3 is 5.76 Å². The second-order valence-electron chi connectivity index (χ2n) is 6.02. The van der Waals surface area contributed by atoms with E-state index in [4.69, 9.17) is 0 Å². The fourth-order valence-electron chi connectivity index (χ4n) is 3.47. The first-order valence-electron chi connectivity index (χ1n) is 7.18. The molecule has 1 aromatic carbocycles. The first kappa shape index (κ1) is 15.0. The maximum Gasteiger partial charge on any atom is 0.438 e. The topological polar surface area (TPSA) is 93.0 Å². The molecule has 0 aliphatic heterocycles. The van der Waals surface area contributed by atoms with Crippen molar-refractivity contribution in [3.05, 3.63) is 51.8 Å². The van der Waals surface area contributed by atoms with E-state index in [1.165, 1.54) is 6.26 Å². The largest absolute Gasteiger partial charge is 0.438 e. The smallest absolute Gasteiger partial charge is 0.296 e. The lowest BCUT2D eigenvalue weighted by molar-refractivity contribution is 0.306. The fourth-order valence-corrected chi connectivity index (χ4v) is 5.16. The Morgan fingerprint density at radius 2 is 2.09 bits per heavy atom. The Labute approximate surface area is 128 Å². The molecule has 22 heavy (non-hydrogen) atoms. The Hall–Kier alpha value is -1.89. The molecular weight excluding hydrogens is 304 g/mol. The van der Waals surface area contributed by atoms with Crippen LogP contribution in [-0.4, -0.2) is 24.8 Å². The van der Waals surface area contributed by atoms with Crippen molar-refractivity contribution in [1.29, 1.82) is 0 Å². The van der Waals surface area contributed by atoms with E-state index in [1.807, 2.05) is 31.2 Å². The molecule has 0 spiro atoms. The average Bonchev–Trinajstić information content (AvgIpc) is 2.83. The lowest BCUT2D eigenvalue weighted by Gasteiger charge is -2.36. The summed E-state index contributed by atoms with van der Waals surface area (Å²) in [5, 5.41) is 3.17. The number of fused-ring (bicyclic) bond motifs is 1. The molecule has 1 aromatic heterocycles. The van der Waals surface area contributed by atoms with Crippen LogP contribution in [-0.2, 0) is 22.7 Å². The summed E-state index contributed by atoms with van der Waals surface area (Å²) in [4.78, 5) is 13.6. The van der Waals surface area contributed by atoms with Gasteiger partial charge in [-0.25, -0.2) is 13.2 Å². The van der Waals surface area contributed by atoms with E-state index >= 15 is 0 Å². The minimum absolute atomic E-state index is 0.0647. The highest BCUT2D eigenvalue weighted by molar-refractivity contribution is 7.90. The van der Waals surface area contributed by atoms with Gasteiger partial charge in [-0.1, -0.05) is 36.3 Å². The molecule has 1 N–H and O–H groups in total. The van der Waals surface area contributed by atoms with E-state index in [0.29, 0.717) is 12.2 Å². The molecule has 118 valence electrons. The highest BCUT2D eigenvalue weighted by Gasteiger charge is 2.39. The van der Waals surface area contributed by atoms with Crippen molar-refractivity contribution in [2.45, 2.75) is 25.0 Å². The van der Waals surface area contributed by atoms with Crippen molar-refractivity contribution in [2.24, 2.45) is 11.8 Å². The van der Waals surface area contributed by atoms with Gasteiger partial charge in [0.05, 0.1) is 5.25 Å². The van der Waals surface area contributed by atoms with Gasteiger partial charge in [-0.3, -0.25) is 9.51 Å². The maximum atomic E-state index is 12.3. The van der Waals surface area contributed by atoms with Crippen molar-refractivity contribution in [1.82, 2.24) is 10.1 Å². The second kappa shape index (κ2) is 5.39. The number of aromatic amines is 1. The molecule has 3 atom stereocenters. The molecule has 0 fully saturated rings. The fraction of sp³-hybridized carbons (Fsp3) is 0.467. The summed E-state index contributed by atoms with van der Waals surface area (Å²) in [5.74, 6) is -0.104. The zero-order chi connectivity index (χ0) is 15.9. The molecule has 1 heterocycles. The molecule has 7 heteroatoms. The van der Waals surface area contributed by atoms with Gasteiger partial charge in [0.25, 0.3) is 0 Å². The summed E-state index contributed by atoms with van der Waals surface area (Å²) in [6, 6.07) is 7.66. The van der Waals surface area contributed by atoms with Gasteiger partial charge in [-0.2, -0.15) is 0 Å². The van der Waals surface area contributed by atoms with E-state index in [2.05, 4.69) is 14.7 Å².